The lowest BCUT2D eigenvalue weighted by Gasteiger charge is -2.17. The van der Waals surface area contributed by atoms with Crippen LogP contribution in [-0.2, 0) is 16.2 Å². The Morgan fingerprint density at radius 2 is 1.84 bits per heavy atom. The number of carbonyl (C=O) groups is 2. The minimum absolute atomic E-state index is 0.0226. The summed E-state index contributed by atoms with van der Waals surface area (Å²) in [5, 5.41) is 10.2. The van der Waals surface area contributed by atoms with Gasteiger partial charge in [0, 0.05) is 5.02 Å². The fourth-order valence-electron chi connectivity index (χ4n) is 3.23. The number of amides is 2. The van der Waals surface area contributed by atoms with Gasteiger partial charge in [0.15, 0.2) is 0 Å². The Labute approximate surface area is 148 Å². The van der Waals surface area contributed by atoms with Gasteiger partial charge in [-0.3, -0.25) is 9.59 Å². The molecule has 4 rings (SSSR count). The van der Waals surface area contributed by atoms with Gasteiger partial charge in [0.2, 0.25) is 5.91 Å². The molecule has 0 saturated carbocycles. The zero-order valence-electron chi connectivity index (χ0n) is 13.1. The van der Waals surface area contributed by atoms with Crippen LogP contribution >= 0.6 is 11.6 Å². The molecule has 0 radical (unpaired) electrons. The molecule has 6 nitrogen and oxygen atoms in total. The van der Waals surface area contributed by atoms with Gasteiger partial charge in [-0.15, -0.1) is 0 Å². The van der Waals surface area contributed by atoms with E-state index in [0.29, 0.717) is 22.1 Å². The first kappa shape index (κ1) is 15.8. The lowest BCUT2D eigenvalue weighted by atomic mass is 10.2. The minimum Gasteiger partial charge on any atom is -0.388 e. The quantitative estimate of drug-likeness (QED) is 0.733. The van der Waals surface area contributed by atoms with Crippen LogP contribution in [-0.4, -0.2) is 26.5 Å². The second kappa shape index (κ2) is 5.98. The van der Waals surface area contributed by atoms with Gasteiger partial charge >= 0.3 is 0 Å². The van der Waals surface area contributed by atoms with E-state index in [-0.39, 0.29) is 24.8 Å². The summed E-state index contributed by atoms with van der Waals surface area (Å²) in [6.45, 7) is -0.312. The monoisotopic (exact) mass is 355 g/mol. The van der Waals surface area contributed by atoms with Crippen LogP contribution in [0.4, 0.5) is 5.69 Å². The summed E-state index contributed by atoms with van der Waals surface area (Å²) in [5.74, 6) is -0.269. The highest BCUT2D eigenvalue weighted by molar-refractivity contribution is 6.30. The Bertz CT molecular complexity index is 981. The van der Waals surface area contributed by atoms with Crippen LogP contribution in [0.3, 0.4) is 0 Å². The van der Waals surface area contributed by atoms with Gasteiger partial charge in [-0.2, -0.15) is 0 Å². The number of fused-ring (bicyclic) bond motifs is 1. The molecule has 1 N–H and O–H groups in total. The third kappa shape index (κ3) is 2.50. The Morgan fingerprint density at radius 1 is 1.12 bits per heavy atom. The van der Waals surface area contributed by atoms with Gasteiger partial charge in [-0.05, 0) is 36.4 Å². The number of hydrogen-bond donors (Lipinski definition) is 1. The average molecular weight is 356 g/mol. The van der Waals surface area contributed by atoms with Gasteiger partial charge in [0.05, 0.1) is 23.1 Å². The number of imidazole rings is 1. The number of imide groups is 1. The molecule has 0 unspecified atom stereocenters. The van der Waals surface area contributed by atoms with Gasteiger partial charge in [-0.1, -0.05) is 23.7 Å². The van der Waals surface area contributed by atoms with Crippen LogP contribution < -0.4 is 4.90 Å². The van der Waals surface area contributed by atoms with E-state index in [1.807, 2.05) is 24.3 Å². The van der Waals surface area contributed by atoms with E-state index in [9.17, 15) is 14.7 Å². The first-order valence-corrected chi connectivity index (χ1v) is 8.17. The molecule has 7 heteroatoms. The predicted molar refractivity (Wildman–Crippen MR) is 93.3 cm³/mol. The summed E-state index contributed by atoms with van der Waals surface area (Å²) in [6.07, 6.45) is 0.0226. The number of anilines is 1. The van der Waals surface area contributed by atoms with Crippen molar-refractivity contribution in [2.24, 2.45) is 0 Å². The first-order chi connectivity index (χ1) is 12.1. The number of hydrogen-bond acceptors (Lipinski definition) is 4. The standard InChI is InChI=1S/C18H14ClN3O3/c19-11-5-7-12(8-6-11)21-17(24)9-15(18(21)25)22-14-4-2-1-3-13(14)20-16(22)10-23/h1-8,15,23H,9-10H2/t15-/m1/s1. The fourth-order valence-corrected chi connectivity index (χ4v) is 3.36. The number of para-hydroxylation sites is 2. The van der Waals surface area contributed by atoms with E-state index in [1.165, 1.54) is 0 Å². The minimum atomic E-state index is -0.724. The third-order valence-corrected chi connectivity index (χ3v) is 4.58. The largest absolute Gasteiger partial charge is 0.388 e. The summed E-state index contributed by atoms with van der Waals surface area (Å²) in [7, 11) is 0. The lowest BCUT2D eigenvalue weighted by Crippen LogP contribution is -2.31. The number of nitrogens with zero attached hydrogens (tertiary/aromatic N) is 3. The molecule has 0 bridgehead atoms. The van der Waals surface area contributed by atoms with Crippen LogP contribution in [0.5, 0.6) is 0 Å². The highest BCUT2D eigenvalue weighted by Gasteiger charge is 2.42. The molecule has 2 heterocycles. The molecular weight excluding hydrogens is 342 g/mol. The van der Waals surface area contributed by atoms with Crippen molar-refractivity contribution in [3.8, 4) is 0 Å². The van der Waals surface area contributed by atoms with Crippen molar-refractivity contribution in [2.75, 3.05) is 4.90 Å². The molecular formula is C18H14ClN3O3. The Hall–Kier alpha value is -2.70. The topological polar surface area (TPSA) is 75.4 Å². The zero-order valence-corrected chi connectivity index (χ0v) is 13.8. The fraction of sp³-hybridized carbons (Fsp3) is 0.167. The number of rotatable bonds is 3. The molecule has 1 aromatic heterocycles. The number of benzene rings is 2. The highest BCUT2D eigenvalue weighted by atomic mass is 35.5. The Kier molecular flexibility index (Phi) is 3.78. The summed E-state index contributed by atoms with van der Waals surface area (Å²) >= 11 is 5.88. The molecule has 0 aliphatic carbocycles. The van der Waals surface area contributed by atoms with E-state index in [4.69, 9.17) is 11.6 Å². The van der Waals surface area contributed by atoms with E-state index in [0.717, 1.165) is 10.4 Å². The predicted octanol–water partition coefficient (Wildman–Crippen LogP) is 2.69. The van der Waals surface area contributed by atoms with E-state index in [2.05, 4.69) is 4.98 Å². The van der Waals surface area contributed by atoms with Crippen LogP contribution in [0.2, 0.25) is 5.02 Å². The number of carbonyl (C=O) groups excluding carboxylic acids is 2. The highest BCUT2D eigenvalue weighted by Crippen LogP contribution is 2.33. The van der Waals surface area contributed by atoms with Gasteiger partial charge < -0.3 is 9.67 Å². The van der Waals surface area contributed by atoms with Crippen LogP contribution in [0.1, 0.15) is 18.3 Å². The number of halogens is 1. The molecule has 2 amide bonds. The van der Waals surface area contributed by atoms with Crippen molar-refractivity contribution in [3.05, 3.63) is 59.4 Å². The maximum atomic E-state index is 13.0. The first-order valence-electron chi connectivity index (χ1n) is 7.79. The van der Waals surface area contributed by atoms with Crippen molar-refractivity contribution >= 4 is 40.1 Å². The number of aliphatic hydroxyl groups excluding tert-OH is 1. The summed E-state index contributed by atoms with van der Waals surface area (Å²) in [5.41, 5.74) is 1.88. The molecule has 0 spiro atoms. The summed E-state index contributed by atoms with van der Waals surface area (Å²) in [4.78, 5) is 31.0. The molecule has 126 valence electrons. The van der Waals surface area contributed by atoms with Crippen LogP contribution in [0.25, 0.3) is 11.0 Å². The summed E-state index contributed by atoms with van der Waals surface area (Å²) in [6, 6.07) is 13.1. The van der Waals surface area contributed by atoms with Crippen molar-refractivity contribution in [2.45, 2.75) is 19.1 Å². The van der Waals surface area contributed by atoms with E-state index in [1.54, 1.807) is 28.8 Å². The van der Waals surface area contributed by atoms with Crippen molar-refractivity contribution in [3.63, 3.8) is 0 Å². The SMILES string of the molecule is O=C1C[C@@H](n2c(CO)nc3ccccc32)C(=O)N1c1ccc(Cl)cc1. The molecule has 1 saturated heterocycles. The van der Waals surface area contributed by atoms with E-state index < -0.39 is 6.04 Å². The average Bonchev–Trinajstić information content (AvgIpc) is 3.12. The van der Waals surface area contributed by atoms with Crippen molar-refractivity contribution < 1.29 is 14.7 Å². The molecule has 1 aliphatic rings. The Balaban J connectivity index is 1.79. The molecule has 1 aliphatic heterocycles. The normalized spacial score (nSPS) is 17.7. The van der Waals surface area contributed by atoms with Gasteiger partial charge in [0.25, 0.3) is 5.91 Å². The number of aliphatic hydroxyl groups is 1. The number of aromatic nitrogens is 2. The summed E-state index contributed by atoms with van der Waals surface area (Å²) < 4.78 is 1.66. The van der Waals surface area contributed by atoms with Crippen molar-refractivity contribution in [1.82, 2.24) is 9.55 Å². The molecule has 1 atom stereocenters. The van der Waals surface area contributed by atoms with Crippen LogP contribution in [0, 0.1) is 0 Å². The molecule has 1 fully saturated rings. The molecule has 2 aromatic carbocycles. The van der Waals surface area contributed by atoms with Gasteiger partial charge in [0.1, 0.15) is 18.5 Å². The van der Waals surface area contributed by atoms with E-state index >= 15 is 0 Å². The van der Waals surface area contributed by atoms with Crippen LogP contribution in [0.15, 0.2) is 48.5 Å². The molecule has 25 heavy (non-hydrogen) atoms. The van der Waals surface area contributed by atoms with Crippen molar-refractivity contribution in [1.29, 1.82) is 0 Å². The smallest absolute Gasteiger partial charge is 0.257 e. The van der Waals surface area contributed by atoms with Gasteiger partial charge in [-0.25, -0.2) is 9.88 Å². The maximum Gasteiger partial charge on any atom is 0.257 e. The lowest BCUT2D eigenvalue weighted by molar-refractivity contribution is -0.122. The zero-order chi connectivity index (χ0) is 17.6. The second-order valence-corrected chi connectivity index (χ2v) is 6.25. The maximum absolute atomic E-state index is 13.0. The third-order valence-electron chi connectivity index (χ3n) is 4.33. The Morgan fingerprint density at radius 3 is 2.56 bits per heavy atom. The second-order valence-electron chi connectivity index (χ2n) is 5.81. The molecule has 3 aromatic rings.